The summed E-state index contributed by atoms with van der Waals surface area (Å²) in [6, 6.07) is 5.52. The number of pyridine rings is 2. The molecule has 2 aliphatic heterocycles. The number of carbonyl (C=O) groups is 1. The van der Waals surface area contributed by atoms with Gasteiger partial charge in [-0.3, -0.25) is 9.97 Å². The number of hydrogen-bond acceptors (Lipinski definition) is 6. The van der Waals surface area contributed by atoms with Crippen LogP contribution >= 0.6 is 0 Å². The van der Waals surface area contributed by atoms with Gasteiger partial charge in [0.15, 0.2) is 0 Å². The maximum Gasteiger partial charge on any atom is 0.427 e. The van der Waals surface area contributed by atoms with E-state index in [0.29, 0.717) is 11.6 Å². The van der Waals surface area contributed by atoms with Crippen LogP contribution in [0.1, 0.15) is 17.7 Å². The lowest BCUT2D eigenvalue weighted by atomic mass is 10.0. The summed E-state index contributed by atoms with van der Waals surface area (Å²) in [6.07, 6.45) is 7.47. The number of anilines is 1. The van der Waals surface area contributed by atoms with Crippen molar-refractivity contribution in [1.82, 2.24) is 24.4 Å². The molecule has 2 aliphatic rings. The molecule has 1 unspecified atom stereocenters. The molecule has 5 rings (SSSR count). The average Bonchev–Trinajstić information content (AvgIpc) is 3.14. The van der Waals surface area contributed by atoms with Gasteiger partial charge < -0.3 is 10.6 Å². The van der Waals surface area contributed by atoms with E-state index in [4.69, 9.17) is 10.7 Å². The van der Waals surface area contributed by atoms with Crippen molar-refractivity contribution in [1.29, 1.82) is 0 Å². The molecule has 8 heteroatoms. The molecule has 146 valence electrons. The van der Waals surface area contributed by atoms with E-state index in [-0.39, 0.29) is 10.5 Å². The Balaban J connectivity index is 1.79. The molecule has 2 amide bonds. The van der Waals surface area contributed by atoms with Gasteiger partial charge in [0, 0.05) is 36.6 Å². The number of amides is 2. The highest BCUT2D eigenvalue weighted by molar-refractivity contribution is 5.96. The molecule has 0 aliphatic carbocycles. The Kier molecular flexibility index (Phi) is 3.85. The Morgan fingerprint density at radius 3 is 2.79 bits per heavy atom. The van der Waals surface area contributed by atoms with Crippen molar-refractivity contribution in [3.63, 3.8) is 0 Å². The van der Waals surface area contributed by atoms with Gasteiger partial charge in [-0.1, -0.05) is 0 Å². The third kappa shape index (κ3) is 2.45. The maximum atomic E-state index is 13.0. The van der Waals surface area contributed by atoms with Gasteiger partial charge in [-0.25, -0.2) is 9.78 Å². The van der Waals surface area contributed by atoms with E-state index >= 15 is 0 Å². The molecule has 0 saturated carbocycles. The summed E-state index contributed by atoms with van der Waals surface area (Å²) in [5.41, 5.74) is 10.7. The number of aryl methyl sites for hydroxylation is 2. The normalized spacial score (nSPS) is 22.4. The van der Waals surface area contributed by atoms with E-state index in [0.717, 1.165) is 47.7 Å². The number of nitrogens with two attached hydrogens (primary N) is 1. The Bertz CT molecular complexity index is 1120. The van der Waals surface area contributed by atoms with Crippen LogP contribution in [0.3, 0.4) is 0 Å². The van der Waals surface area contributed by atoms with Gasteiger partial charge in [-0.2, -0.15) is 4.98 Å². The van der Waals surface area contributed by atoms with Crippen molar-refractivity contribution < 1.29 is 4.79 Å². The first-order valence-corrected chi connectivity index (χ1v) is 9.67. The van der Waals surface area contributed by atoms with Crippen LogP contribution in [0.2, 0.25) is 0 Å². The van der Waals surface area contributed by atoms with Crippen LogP contribution in [0.25, 0.3) is 11.3 Å². The largest absolute Gasteiger partial charge is 0.427 e. The standard InChI is InChI=1S/C21H21N7O/c1-13-9-14(2)25-10-16(13)17-3-4-18-20(26-17)28(21(22)29,15-5-8-27(18)12-15)19-11-23-6-7-24-19/h3-4,6-7,9-11,15H,5,8,12H2,1-2H3,(H-,22,29)/p+1/t15-,28?/m0/s1. The number of carbonyl (C=O) groups excluding carboxylic acids is 1. The number of quaternary nitrogens is 1. The summed E-state index contributed by atoms with van der Waals surface area (Å²) in [5, 5.41) is 0. The minimum Gasteiger partial charge on any atom is -0.359 e. The number of aromatic nitrogens is 4. The van der Waals surface area contributed by atoms with E-state index in [1.165, 1.54) is 0 Å². The Hall–Kier alpha value is -3.39. The molecule has 3 aromatic heterocycles. The highest BCUT2D eigenvalue weighted by Gasteiger charge is 2.58. The van der Waals surface area contributed by atoms with Crippen LogP contribution in [0.15, 0.2) is 43.0 Å². The minimum absolute atomic E-state index is 0.0447. The summed E-state index contributed by atoms with van der Waals surface area (Å²) in [7, 11) is 0. The fourth-order valence-corrected chi connectivity index (χ4v) is 4.68. The van der Waals surface area contributed by atoms with Gasteiger partial charge >= 0.3 is 6.03 Å². The fraction of sp³-hybridized carbons (Fsp3) is 0.286. The van der Waals surface area contributed by atoms with Gasteiger partial charge in [0.05, 0.1) is 18.4 Å². The molecule has 0 spiro atoms. The molecule has 5 heterocycles. The quantitative estimate of drug-likeness (QED) is 0.678. The van der Waals surface area contributed by atoms with Crippen LogP contribution < -0.4 is 15.1 Å². The van der Waals surface area contributed by atoms with E-state index < -0.39 is 6.03 Å². The van der Waals surface area contributed by atoms with Crippen LogP contribution in [-0.2, 0) is 0 Å². The van der Waals surface area contributed by atoms with Gasteiger partial charge in [0.2, 0.25) is 0 Å². The first-order chi connectivity index (χ1) is 14.0. The third-order valence-corrected chi connectivity index (χ3v) is 6.02. The Morgan fingerprint density at radius 1 is 1.21 bits per heavy atom. The first-order valence-electron chi connectivity index (χ1n) is 9.67. The zero-order valence-electron chi connectivity index (χ0n) is 16.4. The molecule has 2 bridgehead atoms. The maximum absolute atomic E-state index is 13.0. The summed E-state index contributed by atoms with van der Waals surface area (Å²) < 4.78 is -0.203. The average molecular weight is 388 g/mol. The molecule has 0 radical (unpaired) electrons. The van der Waals surface area contributed by atoms with E-state index in [2.05, 4.69) is 19.9 Å². The number of fused-ring (bicyclic) bond motifs is 4. The number of hydrogen-bond donors (Lipinski definition) is 1. The first kappa shape index (κ1) is 17.7. The fourth-order valence-electron chi connectivity index (χ4n) is 4.68. The molecule has 3 aromatic rings. The molecule has 2 N–H and O–H groups in total. The molecular weight excluding hydrogens is 366 g/mol. The molecule has 1 fully saturated rings. The van der Waals surface area contributed by atoms with Crippen LogP contribution in [-0.4, -0.2) is 45.1 Å². The van der Waals surface area contributed by atoms with E-state index in [1.54, 1.807) is 18.6 Å². The van der Waals surface area contributed by atoms with Crippen LogP contribution in [0.5, 0.6) is 0 Å². The molecular formula is C21H22N7O+. The van der Waals surface area contributed by atoms with E-state index in [1.807, 2.05) is 38.2 Å². The van der Waals surface area contributed by atoms with Gasteiger partial charge in [0.25, 0.3) is 11.6 Å². The van der Waals surface area contributed by atoms with Crippen molar-refractivity contribution in [2.24, 2.45) is 5.73 Å². The van der Waals surface area contributed by atoms with Crippen molar-refractivity contribution in [3.8, 4) is 11.3 Å². The highest BCUT2D eigenvalue weighted by Crippen LogP contribution is 2.49. The Morgan fingerprint density at radius 2 is 2.07 bits per heavy atom. The lowest BCUT2D eigenvalue weighted by Gasteiger charge is -2.40. The summed E-state index contributed by atoms with van der Waals surface area (Å²) in [4.78, 5) is 33.4. The molecule has 2 atom stereocenters. The topological polar surface area (TPSA) is 97.9 Å². The number of rotatable bonds is 2. The monoisotopic (exact) mass is 388 g/mol. The van der Waals surface area contributed by atoms with Crippen molar-refractivity contribution in [2.45, 2.75) is 26.3 Å². The number of urea groups is 1. The predicted molar refractivity (Wildman–Crippen MR) is 111 cm³/mol. The smallest absolute Gasteiger partial charge is 0.359 e. The molecule has 0 aromatic carbocycles. The van der Waals surface area contributed by atoms with Crippen molar-refractivity contribution >= 4 is 23.4 Å². The summed E-state index contributed by atoms with van der Waals surface area (Å²) >= 11 is 0. The van der Waals surface area contributed by atoms with Gasteiger partial charge in [-0.05, 0) is 37.6 Å². The molecule has 8 nitrogen and oxygen atoms in total. The second-order valence-electron chi connectivity index (χ2n) is 7.69. The molecule has 1 saturated heterocycles. The number of primary amides is 1. The zero-order chi connectivity index (χ0) is 20.2. The second kappa shape index (κ2) is 6.31. The van der Waals surface area contributed by atoms with Crippen molar-refractivity contribution in [3.05, 3.63) is 54.2 Å². The SMILES string of the molecule is Cc1cc(C)c(-c2ccc3c(n2)[N+](C(N)=O)(c2cnccn2)[C@H]2CCN3C2)cn1. The van der Waals surface area contributed by atoms with E-state index in [9.17, 15) is 4.79 Å². The lowest BCUT2D eigenvalue weighted by molar-refractivity contribution is 0.211. The zero-order valence-corrected chi connectivity index (χ0v) is 16.4. The lowest BCUT2D eigenvalue weighted by Crippen LogP contribution is -2.63. The third-order valence-electron chi connectivity index (χ3n) is 6.02. The van der Waals surface area contributed by atoms with Gasteiger partial charge in [0.1, 0.15) is 17.9 Å². The molecule has 29 heavy (non-hydrogen) atoms. The summed E-state index contributed by atoms with van der Waals surface area (Å²) in [6.45, 7) is 5.60. The second-order valence-corrected chi connectivity index (χ2v) is 7.69. The van der Waals surface area contributed by atoms with Gasteiger partial charge in [-0.15, -0.1) is 4.48 Å². The van der Waals surface area contributed by atoms with Crippen molar-refractivity contribution in [2.75, 3.05) is 18.0 Å². The van der Waals surface area contributed by atoms with Crippen LogP contribution in [0, 0.1) is 13.8 Å². The minimum atomic E-state index is -0.485. The highest BCUT2D eigenvalue weighted by atomic mass is 16.2. The Labute approximate surface area is 168 Å². The van der Waals surface area contributed by atoms with Crippen LogP contribution in [0.4, 0.5) is 22.1 Å². The predicted octanol–water partition coefficient (Wildman–Crippen LogP) is 2.86. The summed E-state index contributed by atoms with van der Waals surface area (Å²) in [5.74, 6) is 1.13. The number of nitrogens with zero attached hydrogens (tertiary/aromatic N) is 6.